The van der Waals surface area contributed by atoms with Crippen molar-refractivity contribution in [3.05, 3.63) is 22.0 Å². The predicted molar refractivity (Wildman–Crippen MR) is 110 cm³/mol. The van der Waals surface area contributed by atoms with Gasteiger partial charge < -0.3 is 14.5 Å². The topological polar surface area (TPSA) is 65.6 Å². The Morgan fingerprint density at radius 2 is 2.21 bits per heavy atom. The van der Waals surface area contributed by atoms with Gasteiger partial charge in [0.15, 0.2) is 11.4 Å². The number of alkyl halides is 3. The average molecular weight is 535 g/mol. The number of hydrogen-bond acceptors (Lipinski definition) is 6. The van der Waals surface area contributed by atoms with Gasteiger partial charge in [-0.05, 0) is 47.4 Å². The molecule has 0 spiro atoms. The minimum absolute atomic E-state index is 0.0976. The number of rotatable bonds is 4. The molecule has 2 aromatic rings. The minimum atomic E-state index is -4.35. The maximum Gasteiger partial charge on any atom is 0.447 e. The lowest BCUT2D eigenvalue weighted by molar-refractivity contribution is -0.114. The highest BCUT2D eigenvalue weighted by molar-refractivity contribution is 14.1. The summed E-state index contributed by atoms with van der Waals surface area (Å²) in [4.78, 5) is 6.65. The van der Waals surface area contributed by atoms with Crippen LogP contribution in [0.25, 0.3) is 5.52 Å². The van der Waals surface area contributed by atoms with Crippen LogP contribution >= 0.6 is 34.4 Å². The standard InChI is InChI=1S/C18H17F3IN5OS/c19-18(20,21)29-15-12(22)5-13-14(24-2-4-27(13)15)25-17-1-3-26(7-11(17)6-17)16(8-23)9-28-10-16/h2,4-5,11H,1,3,6-7,9-10H2,(H,24,25). The molecule has 2 aliphatic heterocycles. The molecule has 2 unspecified atom stereocenters. The molecule has 1 aliphatic carbocycles. The second-order valence-corrected chi connectivity index (χ2v) is 10.1. The fourth-order valence-corrected chi connectivity index (χ4v) is 5.94. The van der Waals surface area contributed by atoms with E-state index in [1.54, 1.807) is 16.7 Å². The van der Waals surface area contributed by atoms with Crippen molar-refractivity contribution >= 4 is 45.7 Å². The lowest BCUT2D eigenvalue weighted by atomic mass is 9.92. The van der Waals surface area contributed by atoms with E-state index in [0.717, 1.165) is 25.9 Å². The zero-order valence-corrected chi connectivity index (χ0v) is 18.1. The lowest BCUT2D eigenvalue weighted by Gasteiger charge is -2.47. The van der Waals surface area contributed by atoms with Crippen LogP contribution in [-0.2, 0) is 4.74 Å². The molecule has 0 bridgehead atoms. The van der Waals surface area contributed by atoms with E-state index in [2.05, 4.69) is 21.3 Å². The zero-order chi connectivity index (χ0) is 20.4. The van der Waals surface area contributed by atoms with Crippen molar-refractivity contribution in [2.75, 3.05) is 31.6 Å². The van der Waals surface area contributed by atoms with E-state index in [0.29, 0.717) is 34.0 Å². The number of aromatic nitrogens is 2. The summed E-state index contributed by atoms with van der Waals surface area (Å²) in [6.45, 7) is 2.53. The van der Waals surface area contributed by atoms with Gasteiger partial charge in [-0.3, -0.25) is 4.90 Å². The van der Waals surface area contributed by atoms with Crippen LogP contribution in [0.5, 0.6) is 0 Å². The number of thioether (sulfide) groups is 1. The highest BCUT2D eigenvalue weighted by atomic mass is 127. The van der Waals surface area contributed by atoms with E-state index in [1.807, 2.05) is 22.6 Å². The second-order valence-electron chi connectivity index (χ2n) is 7.89. The molecule has 11 heteroatoms. The summed E-state index contributed by atoms with van der Waals surface area (Å²) < 4.78 is 46.2. The van der Waals surface area contributed by atoms with Crippen LogP contribution in [0.2, 0.25) is 0 Å². The summed E-state index contributed by atoms with van der Waals surface area (Å²) in [6, 6.07) is 4.15. The van der Waals surface area contributed by atoms with Gasteiger partial charge in [-0.2, -0.15) is 18.4 Å². The summed E-state index contributed by atoms with van der Waals surface area (Å²) in [5.41, 5.74) is -4.29. The summed E-state index contributed by atoms with van der Waals surface area (Å²) in [5, 5.41) is 13.2. The average Bonchev–Trinajstić information content (AvgIpc) is 3.24. The van der Waals surface area contributed by atoms with Gasteiger partial charge in [-0.25, -0.2) is 4.98 Å². The predicted octanol–water partition coefficient (Wildman–Crippen LogP) is 3.72. The van der Waals surface area contributed by atoms with E-state index >= 15 is 0 Å². The first kappa shape index (κ1) is 19.7. The summed E-state index contributed by atoms with van der Waals surface area (Å²) >= 11 is 1.83. The summed E-state index contributed by atoms with van der Waals surface area (Å²) in [6.07, 6.45) is 4.93. The number of nitrogens with zero attached hydrogens (tertiary/aromatic N) is 4. The smallest absolute Gasteiger partial charge is 0.375 e. The van der Waals surface area contributed by atoms with Crippen LogP contribution in [0.1, 0.15) is 12.8 Å². The molecule has 0 radical (unpaired) electrons. The Balaban J connectivity index is 1.37. The van der Waals surface area contributed by atoms with E-state index in [-0.39, 0.29) is 22.3 Å². The number of nitrogens with one attached hydrogen (secondary N) is 1. The molecule has 0 amide bonds. The monoisotopic (exact) mass is 535 g/mol. The number of halogens is 4. The minimum Gasteiger partial charge on any atom is -0.375 e. The van der Waals surface area contributed by atoms with Crippen LogP contribution in [0.15, 0.2) is 23.5 Å². The van der Waals surface area contributed by atoms with Crippen LogP contribution in [0.4, 0.5) is 19.0 Å². The largest absolute Gasteiger partial charge is 0.447 e. The number of piperidine rings is 1. The van der Waals surface area contributed by atoms with Crippen molar-refractivity contribution in [3.8, 4) is 6.07 Å². The molecule has 6 nitrogen and oxygen atoms in total. The molecule has 2 aromatic heterocycles. The van der Waals surface area contributed by atoms with Crippen molar-refractivity contribution in [1.82, 2.24) is 14.3 Å². The molecule has 1 N–H and O–H groups in total. The number of hydrogen-bond donors (Lipinski definition) is 1. The molecule has 29 heavy (non-hydrogen) atoms. The third-order valence-electron chi connectivity index (χ3n) is 6.18. The second kappa shape index (κ2) is 6.63. The van der Waals surface area contributed by atoms with Crippen molar-refractivity contribution in [2.45, 2.75) is 34.5 Å². The molecule has 154 valence electrons. The van der Waals surface area contributed by atoms with E-state index in [1.165, 1.54) is 6.20 Å². The molecule has 5 rings (SSSR count). The van der Waals surface area contributed by atoms with Gasteiger partial charge in [0.25, 0.3) is 0 Å². The number of ether oxygens (including phenoxy) is 1. The van der Waals surface area contributed by atoms with Gasteiger partial charge in [0.1, 0.15) is 5.03 Å². The van der Waals surface area contributed by atoms with Crippen LogP contribution in [0.3, 0.4) is 0 Å². The van der Waals surface area contributed by atoms with Gasteiger partial charge in [0.05, 0.1) is 24.8 Å². The molecule has 1 saturated carbocycles. The Morgan fingerprint density at radius 1 is 1.41 bits per heavy atom. The Hall–Kier alpha value is -1.23. The molecule has 3 aliphatic rings. The van der Waals surface area contributed by atoms with E-state index in [4.69, 9.17) is 4.74 Å². The first-order valence-corrected chi connectivity index (χ1v) is 11.1. The molecule has 2 atom stereocenters. The molecule has 4 heterocycles. The first-order chi connectivity index (χ1) is 13.8. The van der Waals surface area contributed by atoms with Crippen molar-refractivity contribution in [3.63, 3.8) is 0 Å². The van der Waals surface area contributed by atoms with Gasteiger partial charge in [0.2, 0.25) is 0 Å². The van der Waals surface area contributed by atoms with Crippen molar-refractivity contribution in [2.24, 2.45) is 5.92 Å². The summed E-state index contributed by atoms with van der Waals surface area (Å²) in [5.74, 6) is 1.000. The van der Waals surface area contributed by atoms with Gasteiger partial charge in [0, 0.05) is 46.4 Å². The first-order valence-electron chi connectivity index (χ1n) is 9.19. The normalized spacial score (nSPS) is 28.4. The van der Waals surface area contributed by atoms with E-state index < -0.39 is 11.0 Å². The Morgan fingerprint density at radius 3 is 2.83 bits per heavy atom. The lowest BCUT2D eigenvalue weighted by Crippen LogP contribution is -2.63. The number of nitriles is 1. The third-order valence-corrected chi connectivity index (χ3v) is 8.21. The Kier molecular flexibility index (Phi) is 4.51. The number of anilines is 1. The molecular formula is C18H17F3IN5OS. The molecule has 2 saturated heterocycles. The van der Waals surface area contributed by atoms with Crippen molar-refractivity contribution in [1.29, 1.82) is 5.26 Å². The van der Waals surface area contributed by atoms with Gasteiger partial charge in [-0.15, -0.1) is 0 Å². The quantitative estimate of drug-likeness (QED) is 0.476. The van der Waals surface area contributed by atoms with Crippen LogP contribution < -0.4 is 5.32 Å². The van der Waals surface area contributed by atoms with E-state index in [9.17, 15) is 18.4 Å². The Labute approximate surface area is 182 Å². The SMILES string of the molecule is N#CC1(N2CCC3(Nc4nccn5c(SC(F)(F)F)c(I)cc45)CC3C2)COC1. The molecule has 3 fully saturated rings. The highest BCUT2D eigenvalue weighted by Gasteiger charge is 2.60. The summed E-state index contributed by atoms with van der Waals surface area (Å²) in [7, 11) is 0. The van der Waals surface area contributed by atoms with Gasteiger partial charge in [-0.1, -0.05) is 0 Å². The fourth-order valence-electron chi connectivity index (χ4n) is 4.42. The highest BCUT2D eigenvalue weighted by Crippen LogP contribution is 2.53. The fraction of sp³-hybridized carbons (Fsp3) is 0.556. The van der Waals surface area contributed by atoms with Crippen LogP contribution in [0, 0.1) is 20.8 Å². The maximum atomic E-state index is 12.9. The molecule has 0 aromatic carbocycles. The zero-order valence-electron chi connectivity index (χ0n) is 15.2. The number of likely N-dealkylation sites (tertiary alicyclic amines) is 1. The maximum absolute atomic E-state index is 12.9. The van der Waals surface area contributed by atoms with Crippen molar-refractivity contribution < 1.29 is 17.9 Å². The number of fused-ring (bicyclic) bond motifs is 2. The molecular weight excluding hydrogens is 518 g/mol. The van der Waals surface area contributed by atoms with Gasteiger partial charge >= 0.3 is 5.51 Å². The Bertz CT molecular complexity index is 1020. The van der Waals surface area contributed by atoms with Crippen LogP contribution in [-0.4, -0.2) is 57.2 Å². The third kappa shape index (κ3) is 3.28.